The smallest absolute Gasteiger partial charge is 0.285 e. The van der Waals surface area contributed by atoms with Crippen LogP contribution in [0.2, 0.25) is 0 Å². The highest BCUT2D eigenvalue weighted by atomic mass is 19.1. The summed E-state index contributed by atoms with van der Waals surface area (Å²) in [6.45, 7) is 3.72. The van der Waals surface area contributed by atoms with E-state index in [-0.39, 0.29) is 18.0 Å². The number of aliphatic hydroxyl groups is 1. The van der Waals surface area contributed by atoms with E-state index in [2.05, 4.69) is 5.32 Å². The van der Waals surface area contributed by atoms with Crippen LogP contribution in [0.15, 0.2) is 18.2 Å². The van der Waals surface area contributed by atoms with Gasteiger partial charge in [-0.3, -0.25) is 14.9 Å². The zero-order chi connectivity index (χ0) is 15.3. The Bertz CT molecular complexity index is 507. The summed E-state index contributed by atoms with van der Waals surface area (Å²) in [6, 6.07) is 2.73. The lowest BCUT2D eigenvalue weighted by molar-refractivity contribution is -0.385. The first-order valence-corrected chi connectivity index (χ1v) is 6.27. The molecule has 1 rings (SSSR count). The molecule has 110 valence electrons. The Morgan fingerprint density at radius 1 is 1.55 bits per heavy atom. The van der Waals surface area contributed by atoms with Crippen molar-refractivity contribution >= 4 is 11.6 Å². The minimum atomic E-state index is -0.816. The number of carbonyl (C=O) groups is 1. The largest absolute Gasteiger partial charge is 0.391 e. The fourth-order valence-electron chi connectivity index (χ4n) is 1.61. The van der Waals surface area contributed by atoms with Gasteiger partial charge < -0.3 is 10.4 Å². The number of hydrogen-bond acceptors (Lipinski definition) is 4. The molecule has 0 radical (unpaired) electrons. The molecule has 0 aromatic heterocycles. The van der Waals surface area contributed by atoms with E-state index in [0.717, 1.165) is 18.6 Å². The van der Waals surface area contributed by atoms with E-state index < -0.39 is 28.4 Å². The van der Waals surface area contributed by atoms with Crippen LogP contribution in [0.3, 0.4) is 0 Å². The number of aliphatic hydroxyl groups excluding tert-OH is 1. The maximum absolute atomic E-state index is 13.0. The third kappa shape index (κ3) is 3.99. The molecule has 0 fully saturated rings. The van der Waals surface area contributed by atoms with Crippen molar-refractivity contribution in [3.05, 3.63) is 39.7 Å². The molecule has 2 atom stereocenters. The van der Waals surface area contributed by atoms with Gasteiger partial charge in [-0.1, -0.05) is 20.3 Å². The second-order valence-electron chi connectivity index (χ2n) is 4.58. The normalized spacial score (nSPS) is 13.6. The first-order chi connectivity index (χ1) is 9.36. The van der Waals surface area contributed by atoms with Gasteiger partial charge in [-0.25, -0.2) is 4.39 Å². The van der Waals surface area contributed by atoms with E-state index in [4.69, 9.17) is 0 Å². The van der Waals surface area contributed by atoms with E-state index in [1.807, 2.05) is 13.8 Å². The minimum Gasteiger partial charge on any atom is -0.391 e. The molecule has 0 saturated carbocycles. The van der Waals surface area contributed by atoms with Crippen LogP contribution in [0.4, 0.5) is 10.1 Å². The Kier molecular flexibility index (Phi) is 5.57. The number of halogens is 1. The molecule has 2 unspecified atom stereocenters. The second kappa shape index (κ2) is 6.95. The van der Waals surface area contributed by atoms with Crippen molar-refractivity contribution < 1.29 is 19.2 Å². The fraction of sp³-hybridized carbons (Fsp3) is 0.462. The van der Waals surface area contributed by atoms with Crippen LogP contribution in [-0.4, -0.2) is 28.6 Å². The number of nitrogens with one attached hydrogen (secondary N) is 1. The molecule has 0 spiro atoms. The average Bonchev–Trinajstić information content (AvgIpc) is 2.43. The zero-order valence-electron chi connectivity index (χ0n) is 11.3. The molecular formula is C13H17FN2O4. The number of rotatable bonds is 6. The van der Waals surface area contributed by atoms with Crippen molar-refractivity contribution in [2.45, 2.75) is 26.4 Å². The van der Waals surface area contributed by atoms with Gasteiger partial charge in [0.1, 0.15) is 11.4 Å². The number of nitro groups is 1. The highest BCUT2D eigenvalue weighted by molar-refractivity contribution is 5.98. The van der Waals surface area contributed by atoms with Gasteiger partial charge in [0, 0.05) is 6.54 Å². The molecule has 20 heavy (non-hydrogen) atoms. The highest BCUT2D eigenvalue weighted by Gasteiger charge is 2.22. The number of amides is 1. The first kappa shape index (κ1) is 16.0. The Hall–Kier alpha value is -2.02. The summed E-state index contributed by atoms with van der Waals surface area (Å²) in [6.07, 6.45) is 0.0109. The number of hydrogen-bond donors (Lipinski definition) is 2. The molecule has 1 amide bonds. The molecular weight excluding hydrogens is 267 g/mol. The monoisotopic (exact) mass is 284 g/mol. The van der Waals surface area contributed by atoms with Crippen molar-refractivity contribution in [1.29, 1.82) is 0 Å². The summed E-state index contributed by atoms with van der Waals surface area (Å²) in [5.74, 6) is -1.49. The van der Waals surface area contributed by atoms with Crippen molar-refractivity contribution in [3.8, 4) is 0 Å². The summed E-state index contributed by atoms with van der Waals surface area (Å²) in [5.41, 5.74) is -0.826. The van der Waals surface area contributed by atoms with Crippen molar-refractivity contribution in [2.75, 3.05) is 6.54 Å². The highest BCUT2D eigenvalue weighted by Crippen LogP contribution is 2.19. The minimum absolute atomic E-state index is 0.00139. The van der Waals surface area contributed by atoms with Gasteiger partial charge in [0.15, 0.2) is 0 Å². The quantitative estimate of drug-likeness (QED) is 0.616. The SMILES string of the molecule is CCC(C)C(O)CNC(=O)c1ccc(F)cc1[N+](=O)[O-]. The number of carbonyl (C=O) groups excluding carboxylic acids is 1. The van der Waals surface area contributed by atoms with Gasteiger partial charge in [0.05, 0.1) is 17.1 Å². The van der Waals surface area contributed by atoms with Gasteiger partial charge >= 0.3 is 0 Å². The Morgan fingerprint density at radius 3 is 2.75 bits per heavy atom. The third-order valence-corrected chi connectivity index (χ3v) is 3.17. The van der Waals surface area contributed by atoms with Crippen molar-refractivity contribution in [3.63, 3.8) is 0 Å². The molecule has 7 heteroatoms. The van der Waals surface area contributed by atoms with E-state index in [9.17, 15) is 24.4 Å². The third-order valence-electron chi connectivity index (χ3n) is 3.17. The van der Waals surface area contributed by atoms with Gasteiger partial charge in [-0.05, 0) is 18.1 Å². The maximum Gasteiger partial charge on any atom is 0.285 e. The van der Waals surface area contributed by atoms with Crippen LogP contribution in [0, 0.1) is 21.8 Å². The van der Waals surface area contributed by atoms with Gasteiger partial charge in [0.2, 0.25) is 0 Å². The Balaban J connectivity index is 2.80. The molecule has 0 aliphatic heterocycles. The lowest BCUT2D eigenvalue weighted by atomic mass is 10.0. The van der Waals surface area contributed by atoms with E-state index in [1.54, 1.807) is 0 Å². The number of nitrogens with zero attached hydrogens (tertiary/aromatic N) is 1. The predicted octanol–water partition coefficient (Wildman–Crippen LogP) is 1.87. The Morgan fingerprint density at radius 2 is 2.20 bits per heavy atom. The van der Waals surface area contributed by atoms with E-state index >= 15 is 0 Å². The molecule has 0 heterocycles. The average molecular weight is 284 g/mol. The van der Waals surface area contributed by atoms with Crippen LogP contribution in [0.25, 0.3) is 0 Å². The van der Waals surface area contributed by atoms with E-state index in [0.29, 0.717) is 6.07 Å². The van der Waals surface area contributed by atoms with Crippen LogP contribution >= 0.6 is 0 Å². The van der Waals surface area contributed by atoms with Crippen LogP contribution in [0.5, 0.6) is 0 Å². The molecule has 0 aliphatic carbocycles. The first-order valence-electron chi connectivity index (χ1n) is 6.27. The van der Waals surface area contributed by atoms with Crippen molar-refractivity contribution in [1.82, 2.24) is 5.32 Å². The Labute approximate surface area is 115 Å². The molecule has 6 nitrogen and oxygen atoms in total. The zero-order valence-corrected chi connectivity index (χ0v) is 11.3. The fourth-order valence-corrected chi connectivity index (χ4v) is 1.61. The molecule has 2 N–H and O–H groups in total. The second-order valence-corrected chi connectivity index (χ2v) is 4.58. The molecule has 0 bridgehead atoms. The lowest BCUT2D eigenvalue weighted by Crippen LogP contribution is -2.35. The predicted molar refractivity (Wildman–Crippen MR) is 70.8 cm³/mol. The van der Waals surface area contributed by atoms with Gasteiger partial charge in [-0.2, -0.15) is 0 Å². The van der Waals surface area contributed by atoms with Crippen molar-refractivity contribution in [2.24, 2.45) is 5.92 Å². The molecule has 1 aromatic rings. The lowest BCUT2D eigenvalue weighted by Gasteiger charge is -2.17. The van der Waals surface area contributed by atoms with Gasteiger partial charge in [-0.15, -0.1) is 0 Å². The standard InChI is InChI=1S/C13H17FN2O4/c1-3-8(2)12(17)7-15-13(18)10-5-4-9(14)6-11(10)16(19)20/h4-6,8,12,17H,3,7H2,1-2H3,(H,15,18). The van der Waals surface area contributed by atoms with Crippen LogP contribution in [0.1, 0.15) is 30.6 Å². The topological polar surface area (TPSA) is 92.5 Å². The molecule has 0 aliphatic rings. The summed E-state index contributed by atoms with van der Waals surface area (Å²) in [4.78, 5) is 21.8. The maximum atomic E-state index is 13.0. The number of nitro benzene ring substituents is 1. The van der Waals surface area contributed by atoms with Gasteiger partial charge in [0.25, 0.3) is 11.6 Å². The summed E-state index contributed by atoms with van der Waals surface area (Å²) in [5, 5.41) is 22.9. The summed E-state index contributed by atoms with van der Waals surface area (Å²) >= 11 is 0. The number of benzene rings is 1. The molecule has 1 aromatic carbocycles. The van der Waals surface area contributed by atoms with Crippen LogP contribution in [-0.2, 0) is 0 Å². The summed E-state index contributed by atoms with van der Waals surface area (Å²) < 4.78 is 13.0. The summed E-state index contributed by atoms with van der Waals surface area (Å²) in [7, 11) is 0. The van der Waals surface area contributed by atoms with E-state index in [1.165, 1.54) is 0 Å². The van der Waals surface area contributed by atoms with Crippen LogP contribution < -0.4 is 5.32 Å². The molecule has 0 saturated heterocycles.